The van der Waals surface area contributed by atoms with Crippen molar-refractivity contribution >= 4 is 49.9 Å². The van der Waals surface area contributed by atoms with Crippen LogP contribution in [0.15, 0.2) is 59.1 Å². The Morgan fingerprint density at radius 2 is 1.86 bits per heavy atom. The zero-order valence-electron chi connectivity index (χ0n) is 11.3. The molecule has 0 bridgehead atoms. The van der Waals surface area contributed by atoms with Crippen molar-refractivity contribution < 1.29 is 9.90 Å². The maximum absolute atomic E-state index is 12.3. The van der Waals surface area contributed by atoms with E-state index in [4.69, 9.17) is 11.6 Å². The van der Waals surface area contributed by atoms with Crippen LogP contribution >= 0.6 is 27.5 Å². The van der Waals surface area contributed by atoms with Crippen molar-refractivity contribution in [2.24, 2.45) is 0 Å². The molecule has 2 N–H and O–H groups in total. The van der Waals surface area contributed by atoms with Gasteiger partial charge in [0.2, 0.25) is 0 Å². The zero-order valence-corrected chi connectivity index (χ0v) is 13.6. The first-order valence-corrected chi connectivity index (χ1v) is 7.70. The third-order valence-electron chi connectivity index (χ3n) is 3.32. The van der Waals surface area contributed by atoms with Gasteiger partial charge in [0.15, 0.2) is 0 Å². The standard InChI is InChI=1S/C17H11BrClNO2/c18-14-8-6-11(9-15(14)19)20-17(22)13-7-5-10-3-1-2-4-12(10)16(13)21/h1-9,21H,(H,20,22). The van der Waals surface area contributed by atoms with E-state index < -0.39 is 0 Å². The van der Waals surface area contributed by atoms with Crippen molar-refractivity contribution in [2.45, 2.75) is 0 Å². The van der Waals surface area contributed by atoms with E-state index in [1.54, 1.807) is 36.4 Å². The van der Waals surface area contributed by atoms with E-state index in [1.165, 1.54) is 0 Å². The van der Waals surface area contributed by atoms with E-state index in [2.05, 4.69) is 21.2 Å². The van der Waals surface area contributed by atoms with Gasteiger partial charge in [-0.05, 0) is 45.6 Å². The maximum atomic E-state index is 12.3. The second-order valence-corrected chi connectivity index (χ2v) is 6.03. The number of carbonyl (C=O) groups excluding carboxylic acids is 1. The molecule has 0 fully saturated rings. The molecule has 0 spiro atoms. The summed E-state index contributed by atoms with van der Waals surface area (Å²) >= 11 is 9.30. The van der Waals surface area contributed by atoms with Gasteiger partial charge >= 0.3 is 0 Å². The molecular weight excluding hydrogens is 366 g/mol. The summed E-state index contributed by atoms with van der Waals surface area (Å²) in [5.41, 5.74) is 0.781. The second kappa shape index (κ2) is 5.99. The second-order valence-electron chi connectivity index (χ2n) is 4.77. The number of aromatic hydroxyl groups is 1. The summed E-state index contributed by atoms with van der Waals surface area (Å²) in [6.07, 6.45) is 0. The van der Waals surface area contributed by atoms with Crippen LogP contribution in [0.2, 0.25) is 5.02 Å². The average Bonchev–Trinajstić information content (AvgIpc) is 2.51. The maximum Gasteiger partial charge on any atom is 0.259 e. The Bertz CT molecular complexity index is 880. The first-order chi connectivity index (χ1) is 10.6. The van der Waals surface area contributed by atoms with Gasteiger partial charge in [-0.3, -0.25) is 4.79 Å². The molecule has 3 nitrogen and oxygen atoms in total. The van der Waals surface area contributed by atoms with Crippen molar-refractivity contribution in [3.8, 4) is 5.75 Å². The van der Waals surface area contributed by atoms with Gasteiger partial charge in [0.25, 0.3) is 5.91 Å². The van der Waals surface area contributed by atoms with Crippen LogP contribution in [-0.2, 0) is 0 Å². The minimum absolute atomic E-state index is 0.0289. The highest BCUT2D eigenvalue weighted by atomic mass is 79.9. The predicted molar refractivity (Wildman–Crippen MR) is 92.7 cm³/mol. The molecule has 0 radical (unpaired) electrons. The van der Waals surface area contributed by atoms with Crippen molar-refractivity contribution in [2.75, 3.05) is 5.32 Å². The minimum atomic E-state index is -0.387. The lowest BCUT2D eigenvalue weighted by Crippen LogP contribution is -2.12. The highest BCUT2D eigenvalue weighted by molar-refractivity contribution is 9.10. The molecule has 5 heteroatoms. The highest BCUT2D eigenvalue weighted by Gasteiger charge is 2.14. The number of amides is 1. The fourth-order valence-electron chi connectivity index (χ4n) is 2.21. The smallest absolute Gasteiger partial charge is 0.259 e. The first kappa shape index (κ1) is 14.9. The van der Waals surface area contributed by atoms with Gasteiger partial charge in [0.05, 0.1) is 10.6 Å². The van der Waals surface area contributed by atoms with Gasteiger partial charge in [0, 0.05) is 15.5 Å². The molecule has 110 valence electrons. The summed E-state index contributed by atoms with van der Waals surface area (Å²) in [4.78, 5) is 12.3. The number of benzene rings is 3. The fourth-order valence-corrected chi connectivity index (χ4v) is 2.64. The van der Waals surface area contributed by atoms with Crippen LogP contribution in [0.4, 0.5) is 5.69 Å². The number of anilines is 1. The van der Waals surface area contributed by atoms with E-state index in [9.17, 15) is 9.90 Å². The van der Waals surface area contributed by atoms with Gasteiger partial charge in [-0.2, -0.15) is 0 Å². The van der Waals surface area contributed by atoms with Crippen LogP contribution in [0.3, 0.4) is 0 Å². The van der Waals surface area contributed by atoms with Gasteiger partial charge in [0.1, 0.15) is 5.75 Å². The number of fused-ring (bicyclic) bond motifs is 1. The monoisotopic (exact) mass is 375 g/mol. The number of carbonyl (C=O) groups is 1. The number of hydrogen-bond acceptors (Lipinski definition) is 2. The van der Waals surface area contributed by atoms with Crippen molar-refractivity contribution in [1.82, 2.24) is 0 Å². The summed E-state index contributed by atoms with van der Waals surface area (Å²) in [6, 6.07) is 15.9. The highest BCUT2D eigenvalue weighted by Crippen LogP contribution is 2.30. The minimum Gasteiger partial charge on any atom is -0.506 e. The van der Waals surface area contributed by atoms with E-state index in [-0.39, 0.29) is 17.2 Å². The lowest BCUT2D eigenvalue weighted by Gasteiger charge is -2.09. The lowest BCUT2D eigenvalue weighted by atomic mass is 10.0. The number of nitrogens with one attached hydrogen (secondary N) is 1. The molecule has 3 aromatic rings. The Labute approximate surface area is 140 Å². The molecule has 0 heterocycles. The molecule has 0 aliphatic heterocycles. The Balaban J connectivity index is 1.95. The zero-order chi connectivity index (χ0) is 15.7. The van der Waals surface area contributed by atoms with Crippen LogP contribution in [0, 0.1) is 0 Å². The van der Waals surface area contributed by atoms with Crippen molar-refractivity contribution in [3.05, 3.63) is 69.7 Å². The Morgan fingerprint density at radius 3 is 2.64 bits per heavy atom. The number of hydrogen-bond donors (Lipinski definition) is 2. The van der Waals surface area contributed by atoms with Gasteiger partial charge in [-0.25, -0.2) is 0 Å². The molecule has 0 saturated carbocycles. The normalized spacial score (nSPS) is 10.6. The molecule has 3 rings (SSSR count). The van der Waals surface area contributed by atoms with Gasteiger partial charge in [-0.15, -0.1) is 0 Å². The number of rotatable bonds is 2. The van der Waals surface area contributed by atoms with Crippen LogP contribution < -0.4 is 5.32 Å². The van der Waals surface area contributed by atoms with Crippen LogP contribution in [0.1, 0.15) is 10.4 Å². The third kappa shape index (κ3) is 2.80. The summed E-state index contributed by atoms with van der Waals surface area (Å²) in [5.74, 6) is -0.416. The summed E-state index contributed by atoms with van der Waals surface area (Å²) in [5, 5.41) is 15.1. The third-order valence-corrected chi connectivity index (χ3v) is 4.56. The summed E-state index contributed by atoms with van der Waals surface area (Å²) < 4.78 is 0.751. The quantitative estimate of drug-likeness (QED) is 0.645. The van der Waals surface area contributed by atoms with E-state index >= 15 is 0 Å². The Hall–Kier alpha value is -2.04. The molecule has 1 amide bonds. The average molecular weight is 377 g/mol. The molecule has 0 aliphatic rings. The summed E-state index contributed by atoms with van der Waals surface area (Å²) in [7, 11) is 0. The Morgan fingerprint density at radius 1 is 1.09 bits per heavy atom. The van der Waals surface area contributed by atoms with Crippen LogP contribution in [0.25, 0.3) is 10.8 Å². The van der Waals surface area contributed by atoms with Crippen LogP contribution in [0.5, 0.6) is 5.75 Å². The van der Waals surface area contributed by atoms with E-state index in [0.29, 0.717) is 16.1 Å². The van der Waals surface area contributed by atoms with E-state index in [0.717, 1.165) is 9.86 Å². The predicted octanol–water partition coefficient (Wildman–Crippen LogP) is 5.21. The number of halogens is 2. The molecule has 0 atom stereocenters. The van der Waals surface area contributed by atoms with E-state index in [1.807, 2.05) is 18.2 Å². The number of phenolic OH excluding ortho intramolecular Hbond substituents is 1. The fraction of sp³-hybridized carbons (Fsp3) is 0. The molecule has 0 aliphatic carbocycles. The van der Waals surface area contributed by atoms with Crippen LogP contribution in [-0.4, -0.2) is 11.0 Å². The Kier molecular flexibility index (Phi) is 4.05. The SMILES string of the molecule is O=C(Nc1ccc(Br)c(Cl)c1)c1ccc2ccccc2c1O. The summed E-state index contributed by atoms with van der Waals surface area (Å²) in [6.45, 7) is 0. The molecule has 22 heavy (non-hydrogen) atoms. The van der Waals surface area contributed by atoms with Crippen molar-refractivity contribution in [3.63, 3.8) is 0 Å². The molecular formula is C17H11BrClNO2. The van der Waals surface area contributed by atoms with Crippen molar-refractivity contribution in [1.29, 1.82) is 0 Å². The molecule has 0 unspecified atom stereocenters. The lowest BCUT2D eigenvalue weighted by molar-refractivity contribution is 0.102. The topological polar surface area (TPSA) is 49.3 Å². The van der Waals surface area contributed by atoms with Gasteiger partial charge in [-0.1, -0.05) is 41.9 Å². The van der Waals surface area contributed by atoms with Gasteiger partial charge < -0.3 is 10.4 Å². The first-order valence-electron chi connectivity index (χ1n) is 6.53. The molecule has 3 aromatic carbocycles. The number of phenols is 1. The molecule has 0 saturated heterocycles. The largest absolute Gasteiger partial charge is 0.506 e. The molecule has 0 aromatic heterocycles.